The first kappa shape index (κ1) is 22.8. The second kappa shape index (κ2) is 11.5. The lowest BCUT2D eigenvalue weighted by molar-refractivity contribution is 0.310. The summed E-state index contributed by atoms with van der Waals surface area (Å²) in [6, 6.07) is 29.8. The second-order valence-corrected chi connectivity index (χ2v) is 10.1. The monoisotopic (exact) mass is 424 g/mol. The van der Waals surface area contributed by atoms with Gasteiger partial charge < -0.3 is 0 Å². The average molecular weight is 425 g/mol. The molecule has 168 valence electrons. The van der Waals surface area contributed by atoms with Crippen LogP contribution in [0.3, 0.4) is 0 Å². The molecule has 1 atom stereocenters. The van der Waals surface area contributed by atoms with Crippen LogP contribution in [0.5, 0.6) is 0 Å². The van der Waals surface area contributed by atoms with Gasteiger partial charge in [0.25, 0.3) is 0 Å². The summed E-state index contributed by atoms with van der Waals surface area (Å²) in [5.41, 5.74) is 7.46. The molecule has 4 rings (SSSR count). The van der Waals surface area contributed by atoms with Gasteiger partial charge in [-0.1, -0.05) is 99.1 Å². The third kappa shape index (κ3) is 6.35. The maximum atomic E-state index is 2.40. The first-order valence-electron chi connectivity index (χ1n) is 12.9. The highest BCUT2D eigenvalue weighted by Crippen LogP contribution is 2.37. The maximum absolute atomic E-state index is 2.40. The van der Waals surface area contributed by atoms with E-state index in [1.807, 2.05) is 0 Å². The van der Waals surface area contributed by atoms with Crippen LogP contribution in [0, 0.1) is 5.92 Å². The maximum Gasteiger partial charge on any atom is -0.0150 e. The number of benzene rings is 3. The molecule has 0 N–H and O–H groups in total. The smallest absolute Gasteiger partial charge is 0.0150 e. The van der Waals surface area contributed by atoms with E-state index in [9.17, 15) is 0 Å². The highest BCUT2D eigenvalue weighted by molar-refractivity contribution is 5.27. The largest absolute Gasteiger partial charge is 0.0651 e. The van der Waals surface area contributed by atoms with Crippen molar-refractivity contribution in [2.75, 3.05) is 0 Å². The highest BCUT2D eigenvalue weighted by Gasteiger charge is 2.22. The SMILES string of the molecule is CCCc1ccc(C2CCC(CCc3ccc(CC(C)c4ccccc4)cc3)CC2)cc1. The molecule has 0 radical (unpaired) electrons. The van der Waals surface area contributed by atoms with Crippen molar-refractivity contribution in [3.05, 3.63) is 107 Å². The summed E-state index contributed by atoms with van der Waals surface area (Å²) in [5.74, 6) is 2.26. The van der Waals surface area contributed by atoms with E-state index < -0.39 is 0 Å². The molecule has 0 bridgehead atoms. The van der Waals surface area contributed by atoms with Crippen LogP contribution in [0.4, 0.5) is 0 Å². The topological polar surface area (TPSA) is 0 Å². The molecule has 0 aliphatic heterocycles. The molecule has 1 saturated carbocycles. The van der Waals surface area contributed by atoms with Crippen LogP contribution in [-0.2, 0) is 19.3 Å². The van der Waals surface area contributed by atoms with Gasteiger partial charge >= 0.3 is 0 Å². The minimum atomic E-state index is 0.570. The number of hydrogen-bond acceptors (Lipinski definition) is 0. The van der Waals surface area contributed by atoms with E-state index in [1.54, 1.807) is 5.56 Å². The van der Waals surface area contributed by atoms with E-state index in [-0.39, 0.29) is 0 Å². The van der Waals surface area contributed by atoms with E-state index in [0.29, 0.717) is 5.92 Å². The van der Waals surface area contributed by atoms with Crippen LogP contribution >= 0.6 is 0 Å². The minimum Gasteiger partial charge on any atom is -0.0651 e. The van der Waals surface area contributed by atoms with Crippen molar-refractivity contribution in [1.29, 1.82) is 0 Å². The molecule has 1 fully saturated rings. The van der Waals surface area contributed by atoms with Crippen LogP contribution in [0.1, 0.15) is 92.0 Å². The van der Waals surface area contributed by atoms with Gasteiger partial charge in [-0.25, -0.2) is 0 Å². The van der Waals surface area contributed by atoms with Crippen molar-refractivity contribution in [3.8, 4) is 0 Å². The molecule has 0 spiro atoms. The Morgan fingerprint density at radius 2 is 1.28 bits per heavy atom. The lowest BCUT2D eigenvalue weighted by Crippen LogP contribution is -2.14. The normalized spacial score (nSPS) is 19.6. The fraction of sp³-hybridized carbons (Fsp3) is 0.438. The van der Waals surface area contributed by atoms with Crippen LogP contribution in [0.25, 0.3) is 0 Å². The number of aryl methyl sites for hydroxylation is 2. The van der Waals surface area contributed by atoms with Gasteiger partial charge in [0.1, 0.15) is 0 Å². The third-order valence-electron chi connectivity index (χ3n) is 7.61. The van der Waals surface area contributed by atoms with Gasteiger partial charge in [0.2, 0.25) is 0 Å². The minimum absolute atomic E-state index is 0.570. The van der Waals surface area contributed by atoms with Crippen molar-refractivity contribution in [1.82, 2.24) is 0 Å². The molecule has 3 aromatic rings. The van der Waals surface area contributed by atoms with Crippen molar-refractivity contribution in [2.45, 2.75) is 83.5 Å². The van der Waals surface area contributed by atoms with Crippen molar-refractivity contribution >= 4 is 0 Å². The zero-order chi connectivity index (χ0) is 22.2. The Hall–Kier alpha value is -2.34. The Morgan fingerprint density at radius 3 is 1.94 bits per heavy atom. The van der Waals surface area contributed by atoms with Gasteiger partial charge in [0, 0.05) is 0 Å². The molecule has 0 aromatic heterocycles. The predicted octanol–water partition coefficient (Wildman–Crippen LogP) is 8.89. The van der Waals surface area contributed by atoms with Crippen LogP contribution in [-0.4, -0.2) is 0 Å². The molecule has 0 amide bonds. The lowest BCUT2D eigenvalue weighted by atomic mass is 9.77. The Labute approximate surface area is 196 Å². The molecule has 0 saturated heterocycles. The fourth-order valence-corrected chi connectivity index (χ4v) is 5.50. The van der Waals surface area contributed by atoms with Crippen molar-refractivity contribution in [2.24, 2.45) is 5.92 Å². The van der Waals surface area contributed by atoms with Gasteiger partial charge in [0.05, 0.1) is 0 Å². The van der Waals surface area contributed by atoms with Gasteiger partial charge in [-0.3, -0.25) is 0 Å². The predicted molar refractivity (Wildman–Crippen MR) is 138 cm³/mol. The molecule has 0 heterocycles. The van der Waals surface area contributed by atoms with E-state index in [2.05, 4.69) is 92.7 Å². The van der Waals surface area contributed by atoms with Gasteiger partial charge in [-0.05, 0) is 96.9 Å². The van der Waals surface area contributed by atoms with Crippen molar-refractivity contribution in [3.63, 3.8) is 0 Å². The first-order valence-corrected chi connectivity index (χ1v) is 12.9. The first-order chi connectivity index (χ1) is 15.7. The Morgan fingerprint density at radius 1 is 0.688 bits per heavy atom. The Balaban J connectivity index is 1.21. The fourth-order valence-electron chi connectivity index (χ4n) is 5.50. The van der Waals surface area contributed by atoms with Crippen LogP contribution in [0.15, 0.2) is 78.9 Å². The van der Waals surface area contributed by atoms with E-state index in [1.165, 1.54) is 73.6 Å². The molecular weight excluding hydrogens is 384 g/mol. The molecule has 0 heteroatoms. The molecular formula is C32H40. The quantitative estimate of drug-likeness (QED) is 0.322. The summed E-state index contributed by atoms with van der Waals surface area (Å²) in [7, 11) is 0. The summed E-state index contributed by atoms with van der Waals surface area (Å²) >= 11 is 0. The van der Waals surface area contributed by atoms with E-state index >= 15 is 0 Å². The number of rotatable bonds is 9. The zero-order valence-electron chi connectivity index (χ0n) is 20.1. The van der Waals surface area contributed by atoms with Crippen LogP contribution < -0.4 is 0 Å². The molecule has 1 unspecified atom stereocenters. The second-order valence-electron chi connectivity index (χ2n) is 10.1. The lowest BCUT2D eigenvalue weighted by Gasteiger charge is -2.29. The van der Waals surface area contributed by atoms with Gasteiger partial charge in [-0.15, -0.1) is 0 Å². The third-order valence-corrected chi connectivity index (χ3v) is 7.61. The summed E-state index contributed by atoms with van der Waals surface area (Å²) in [4.78, 5) is 0. The summed E-state index contributed by atoms with van der Waals surface area (Å²) < 4.78 is 0. The molecule has 32 heavy (non-hydrogen) atoms. The average Bonchev–Trinajstić information content (AvgIpc) is 2.85. The highest BCUT2D eigenvalue weighted by atomic mass is 14.3. The molecule has 0 nitrogen and oxygen atoms in total. The standard InChI is InChI=1S/C32H40/c1-3-7-26-16-20-31(21-17-26)32-22-18-28(19-23-32)11-10-27-12-14-29(15-13-27)24-25(2)30-8-5-4-6-9-30/h4-6,8-9,12-17,20-21,25,28,32H,3,7,10-11,18-19,22-24H2,1-2H3. The number of hydrogen-bond donors (Lipinski definition) is 0. The Kier molecular flexibility index (Phi) is 8.21. The van der Waals surface area contributed by atoms with E-state index in [4.69, 9.17) is 0 Å². The molecule has 1 aliphatic carbocycles. The zero-order valence-corrected chi connectivity index (χ0v) is 20.1. The summed E-state index contributed by atoms with van der Waals surface area (Å²) in [5, 5.41) is 0. The summed E-state index contributed by atoms with van der Waals surface area (Å²) in [6.45, 7) is 4.59. The molecule has 1 aliphatic rings. The molecule has 3 aromatic carbocycles. The summed E-state index contributed by atoms with van der Waals surface area (Å²) in [6.07, 6.45) is 11.7. The van der Waals surface area contributed by atoms with Crippen molar-refractivity contribution < 1.29 is 0 Å². The van der Waals surface area contributed by atoms with Crippen LogP contribution in [0.2, 0.25) is 0 Å². The van der Waals surface area contributed by atoms with Gasteiger partial charge in [0.15, 0.2) is 0 Å². The van der Waals surface area contributed by atoms with E-state index in [0.717, 1.165) is 18.3 Å². The Bertz CT molecular complexity index is 912. The van der Waals surface area contributed by atoms with Gasteiger partial charge in [-0.2, -0.15) is 0 Å².